The SMILES string of the molecule is O=C(COc1ccc(Cl)cc1)Nc1noc(-c2cccc3ccccc23)n1. The fourth-order valence-electron chi connectivity index (χ4n) is 2.64. The quantitative estimate of drug-likeness (QED) is 0.550. The Bertz CT molecular complexity index is 1090. The standard InChI is InChI=1S/C20H14ClN3O3/c21-14-8-10-15(11-9-14)26-12-18(25)22-20-23-19(27-24-20)17-7-3-5-13-4-1-2-6-16(13)17/h1-11H,12H2,(H,22,24,25). The number of aromatic nitrogens is 2. The Kier molecular flexibility index (Phi) is 4.72. The van der Waals surface area contributed by atoms with Crippen molar-refractivity contribution >= 4 is 34.2 Å². The van der Waals surface area contributed by atoms with Crippen LogP contribution in [-0.4, -0.2) is 22.7 Å². The number of fused-ring (bicyclic) bond motifs is 1. The van der Waals surface area contributed by atoms with Gasteiger partial charge in [0.2, 0.25) is 0 Å². The lowest BCUT2D eigenvalue weighted by Crippen LogP contribution is -2.20. The molecular weight excluding hydrogens is 366 g/mol. The van der Waals surface area contributed by atoms with Crippen LogP contribution in [0, 0.1) is 0 Å². The van der Waals surface area contributed by atoms with Crippen LogP contribution in [0.25, 0.3) is 22.2 Å². The minimum absolute atomic E-state index is 0.0858. The van der Waals surface area contributed by atoms with Gasteiger partial charge in [-0.15, -0.1) is 0 Å². The van der Waals surface area contributed by atoms with Gasteiger partial charge in [0.15, 0.2) is 6.61 Å². The number of hydrogen-bond donors (Lipinski definition) is 1. The van der Waals surface area contributed by atoms with Gasteiger partial charge in [-0.1, -0.05) is 48.0 Å². The summed E-state index contributed by atoms with van der Waals surface area (Å²) in [7, 11) is 0. The van der Waals surface area contributed by atoms with Gasteiger partial charge in [0.25, 0.3) is 17.7 Å². The van der Waals surface area contributed by atoms with Crippen molar-refractivity contribution in [2.75, 3.05) is 11.9 Å². The summed E-state index contributed by atoms with van der Waals surface area (Å²) in [5.41, 5.74) is 0.804. The summed E-state index contributed by atoms with van der Waals surface area (Å²) in [5.74, 6) is 0.567. The van der Waals surface area contributed by atoms with Gasteiger partial charge in [-0.3, -0.25) is 10.1 Å². The summed E-state index contributed by atoms with van der Waals surface area (Å²) in [6.45, 7) is -0.181. The van der Waals surface area contributed by atoms with Crippen molar-refractivity contribution in [2.24, 2.45) is 0 Å². The van der Waals surface area contributed by atoms with Crippen molar-refractivity contribution in [3.63, 3.8) is 0 Å². The lowest BCUT2D eigenvalue weighted by atomic mass is 10.0. The largest absolute Gasteiger partial charge is 0.484 e. The van der Waals surface area contributed by atoms with Gasteiger partial charge in [0.05, 0.1) is 0 Å². The van der Waals surface area contributed by atoms with E-state index in [1.807, 2.05) is 42.5 Å². The molecule has 4 rings (SSSR count). The summed E-state index contributed by atoms with van der Waals surface area (Å²) >= 11 is 5.81. The average molecular weight is 380 g/mol. The number of ether oxygens (including phenoxy) is 1. The lowest BCUT2D eigenvalue weighted by Gasteiger charge is -2.05. The highest BCUT2D eigenvalue weighted by molar-refractivity contribution is 6.30. The van der Waals surface area contributed by atoms with Crippen LogP contribution >= 0.6 is 11.6 Å². The van der Waals surface area contributed by atoms with Crippen molar-refractivity contribution in [1.29, 1.82) is 0 Å². The maximum absolute atomic E-state index is 12.0. The second kappa shape index (κ2) is 7.47. The topological polar surface area (TPSA) is 77.2 Å². The summed E-state index contributed by atoms with van der Waals surface area (Å²) in [6.07, 6.45) is 0. The van der Waals surface area contributed by atoms with E-state index < -0.39 is 5.91 Å². The van der Waals surface area contributed by atoms with E-state index in [-0.39, 0.29) is 12.6 Å². The van der Waals surface area contributed by atoms with E-state index in [0.717, 1.165) is 16.3 Å². The molecule has 134 valence electrons. The molecule has 0 radical (unpaired) electrons. The molecule has 7 heteroatoms. The average Bonchev–Trinajstić information content (AvgIpc) is 3.15. The number of nitrogens with one attached hydrogen (secondary N) is 1. The zero-order valence-electron chi connectivity index (χ0n) is 14.1. The number of anilines is 1. The maximum atomic E-state index is 12.0. The van der Waals surface area contributed by atoms with E-state index in [9.17, 15) is 4.79 Å². The van der Waals surface area contributed by atoms with Crippen LogP contribution in [0.5, 0.6) is 5.75 Å². The first kappa shape index (κ1) is 17.1. The number of benzene rings is 3. The first-order chi connectivity index (χ1) is 13.2. The van der Waals surface area contributed by atoms with Crippen molar-refractivity contribution in [2.45, 2.75) is 0 Å². The Morgan fingerprint density at radius 3 is 2.67 bits per heavy atom. The first-order valence-electron chi connectivity index (χ1n) is 8.19. The Hall–Kier alpha value is -3.38. The van der Waals surface area contributed by atoms with E-state index in [1.54, 1.807) is 24.3 Å². The van der Waals surface area contributed by atoms with Crippen LogP contribution in [0.2, 0.25) is 5.02 Å². The van der Waals surface area contributed by atoms with Crippen molar-refractivity contribution < 1.29 is 14.1 Å². The van der Waals surface area contributed by atoms with Crippen molar-refractivity contribution in [1.82, 2.24) is 10.1 Å². The smallest absolute Gasteiger partial charge is 0.270 e. The van der Waals surface area contributed by atoms with E-state index in [2.05, 4.69) is 15.5 Å². The van der Waals surface area contributed by atoms with Gasteiger partial charge in [-0.2, -0.15) is 4.98 Å². The van der Waals surface area contributed by atoms with Gasteiger partial charge >= 0.3 is 0 Å². The third kappa shape index (κ3) is 3.91. The minimum Gasteiger partial charge on any atom is -0.484 e. The monoisotopic (exact) mass is 379 g/mol. The molecule has 1 amide bonds. The molecule has 1 heterocycles. The van der Waals surface area contributed by atoms with Crippen LogP contribution in [-0.2, 0) is 4.79 Å². The predicted molar refractivity (Wildman–Crippen MR) is 103 cm³/mol. The number of carbonyl (C=O) groups excluding carboxylic acids is 1. The Morgan fingerprint density at radius 2 is 1.81 bits per heavy atom. The van der Waals surface area contributed by atoms with Crippen LogP contribution in [0.15, 0.2) is 71.3 Å². The second-order valence-electron chi connectivity index (χ2n) is 5.74. The predicted octanol–water partition coefficient (Wildman–Crippen LogP) is 4.56. The molecule has 0 bridgehead atoms. The van der Waals surface area contributed by atoms with Gasteiger partial charge in [-0.05, 0) is 46.3 Å². The zero-order chi connectivity index (χ0) is 18.6. The third-order valence-electron chi connectivity index (χ3n) is 3.88. The first-order valence-corrected chi connectivity index (χ1v) is 8.57. The molecule has 3 aromatic carbocycles. The summed E-state index contributed by atoms with van der Waals surface area (Å²) in [6, 6.07) is 20.4. The summed E-state index contributed by atoms with van der Waals surface area (Å²) in [4.78, 5) is 16.3. The Labute approximate surface area is 159 Å². The van der Waals surface area contributed by atoms with Gasteiger partial charge in [0.1, 0.15) is 5.75 Å². The highest BCUT2D eigenvalue weighted by atomic mass is 35.5. The molecule has 0 aliphatic carbocycles. The van der Waals surface area contributed by atoms with E-state index in [0.29, 0.717) is 16.7 Å². The van der Waals surface area contributed by atoms with Crippen LogP contribution in [0.4, 0.5) is 5.95 Å². The van der Waals surface area contributed by atoms with Crippen molar-refractivity contribution in [3.8, 4) is 17.2 Å². The molecular formula is C20H14ClN3O3. The molecule has 1 N–H and O–H groups in total. The number of carbonyl (C=O) groups is 1. The molecule has 0 unspecified atom stereocenters. The highest BCUT2D eigenvalue weighted by Crippen LogP contribution is 2.27. The van der Waals surface area contributed by atoms with Crippen LogP contribution in [0.1, 0.15) is 0 Å². The van der Waals surface area contributed by atoms with Crippen LogP contribution < -0.4 is 10.1 Å². The molecule has 0 spiro atoms. The summed E-state index contributed by atoms with van der Waals surface area (Å²) in [5, 5.41) is 9.03. The lowest BCUT2D eigenvalue weighted by molar-refractivity contribution is -0.118. The van der Waals surface area contributed by atoms with Gasteiger partial charge in [-0.25, -0.2) is 0 Å². The Balaban J connectivity index is 1.44. The fourth-order valence-corrected chi connectivity index (χ4v) is 2.76. The molecule has 1 aromatic heterocycles. The highest BCUT2D eigenvalue weighted by Gasteiger charge is 2.14. The molecule has 0 saturated heterocycles. The number of hydrogen-bond acceptors (Lipinski definition) is 5. The fraction of sp³-hybridized carbons (Fsp3) is 0.0500. The number of rotatable bonds is 5. The molecule has 0 fully saturated rings. The van der Waals surface area contributed by atoms with Crippen LogP contribution in [0.3, 0.4) is 0 Å². The molecule has 27 heavy (non-hydrogen) atoms. The molecule has 0 atom stereocenters. The number of halogens is 1. The third-order valence-corrected chi connectivity index (χ3v) is 4.13. The van der Waals surface area contributed by atoms with Gasteiger partial charge < -0.3 is 9.26 Å². The summed E-state index contributed by atoms with van der Waals surface area (Å²) < 4.78 is 10.7. The van der Waals surface area contributed by atoms with Gasteiger partial charge in [0, 0.05) is 10.6 Å². The normalized spacial score (nSPS) is 10.7. The molecule has 0 saturated carbocycles. The van der Waals surface area contributed by atoms with Crippen molar-refractivity contribution in [3.05, 3.63) is 71.8 Å². The molecule has 4 aromatic rings. The van der Waals surface area contributed by atoms with E-state index >= 15 is 0 Å². The molecule has 0 aliphatic heterocycles. The number of amides is 1. The minimum atomic E-state index is -0.393. The second-order valence-corrected chi connectivity index (χ2v) is 6.18. The van der Waals surface area contributed by atoms with E-state index in [4.69, 9.17) is 20.9 Å². The Morgan fingerprint density at radius 1 is 1.04 bits per heavy atom. The molecule has 6 nitrogen and oxygen atoms in total. The number of nitrogens with zero attached hydrogens (tertiary/aromatic N) is 2. The van der Waals surface area contributed by atoms with E-state index in [1.165, 1.54) is 0 Å². The maximum Gasteiger partial charge on any atom is 0.270 e. The molecule has 0 aliphatic rings. The zero-order valence-corrected chi connectivity index (χ0v) is 14.8.